The minimum atomic E-state index is -0.987. The van der Waals surface area contributed by atoms with Crippen LogP contribution in [0, 0.1) is 6.92 Å². The lowest BCUT2D eigenvalue weighted by molar-refractivity contribution is 0.240. The van der Waals surface area contributed by atoms with Gasteiger partial charge in [-0.15, -0.1) is 0 Å². The van der Waals surface area contributed by atoms with Crippen molar-refractivity contribution in [1.82, 2.24) is 10.6 Å². The Hall–Kier alpha value is -2.34. The second-order valence-electron chi connectivity index (χ2n) is 5.44. The van der Waals surface area contributed by atoms with E-state index in [4.69, 9.17) is 4.74 Å². The number of hydrogen-bond acceptors (Lipinski definition) is 3. The highest BCUT2D eigenvalue weighted by atomic mass is 32.2. The van der Waals surface area contributed by atoms with E-state index in [1.165, 1.54) is 0 Å². The number of hydrogen-bond donors (Lipinski definition) is 2. The Kier molecular flexibility index (Phi) is 6.37. The number of rotatable bonds is 6. The van der Waals surface area contributed by atoms with Crippen LogP contribution in [0.3, 0.4) is 0 Å². The molecule has 0 aliphatic rings. The van der Waals surface area contributed by atoms with E-state index in [0.29, 0.717) is 13.1 Å². The largest absolute Gasteiger partial charge is 0.496 e. The molecule has 0 saturated carbocycles. The number of nitrogens with one attached hydrogen (secondary N) is 2. The third-order valence-electron chi connectivity index (χ3n) is 3.62. The predicted molar refractivity (Wildman–Crippen MR) is 95.6 cm³/mol. The Balaban J connectivity index is 1.81. The molecule has 0 aliphatic heterocycles. The highest BCUT2D eigenvalue weighted by Gasteiger charge is 2.04. The van der Waals surface area contributed by atoms with Gasteiger partial charge in [0.2, 0.25) is 0 Å². The molecule has 0 bridgehead atoms. The van der Waals surface area contributed by atoms with E-state index in [2.05, 4.69) is 10.6 Å². The first kappa shape index (κ1) is 18.0. The molecular formula is C18H22N2O3S. The van der Waals surface area contributed by atoms with Gasteiger partial charge in [0.05, 0.1) is 7.11 Å². The molecule has 0 heterocycles. The summed E-state index contributed by atoms with van der Waals surface area (Å²) in [7, 11) is 0.650. The molecule has 0 aliphatic carbocycles. The quantitative estimate of drug-likeness (QED) is 0.845. The molecule has 1 atom stereocenters. The minimum Gasteiger partial charge on any atom is -0.496 e. The molecule has 0 saturated heterocycles. The maximum Gasteiger partial charge on any atom is 0.315 e. The fourth-order valence-electron chi connectivity index (χ4n) is 2.28. The van der Waals surface area contributed by atoms with E-state index < -0.39 is 10.8 Å². The van der Waals surface area contributed by atoms with Gasteiger partial charge < -0.3 is 15.4 Å². The zero-order valence-corrected chi connectivity index (χ0v) is 14.9. The first-order valence-corrected chi connectivity index (χ1v) is 9.13. The average molecular weight is 346 g/mol. The summed E-state index contributed by atoms with van der Waals surface area (Å²) < 4.78 is 16.5. The van der Waals surface area contributed by atoms with Gasteiger partial charge in [-0.05, 0) is 41.8 Å². The second-order valence-corrected chi connectivity index (χ2v) is 6.82. The number of urea groups is 1. The average Bonchev–Trinajstić information content (AvgIpc) is 2.58. The number of methoxy groups -OCH3 is 1. The monoisotopic (exact) mass is 346 g/mol. The van der Waals surface area contributed by atoms with E-state index in [1.54, 1.807) is 13.4 Å². The summed E-state index contributed by atoms with van der Waals surface area (Å²) >= 11 is 0. The highest BCUT2D eigenvalue weighted by Crippen LogP contribution is 2.18. The Bertz CT molecular complexity index is 730. The van der Waals surface area contributed by atoms with Crippen molar-refractivity contribution in [3.05, 3.63) is 59.2 Å². The normalized spacial score (nSPS) is 11.6. The van der Waals surface area contributed by atoms with Crippen LogP contribution >= 0.6 is 0 Å². The maximum absolute atomic E-state index is 11.9. The van der Waals surface area contributed by atoms with Gasteiger partial charge in [-0.2, -0.15) is 0 Å². The molecule has 2 amide bonds. The van der Waals surface area contributed by atoms with Crippen LogP contribution in [0.2, 0.25) is 0 Å². The highest BCUT2D eigenvalue weighted by molar-refractivity contribution is 7.84. The first-order valence-electron chi connectivity index (χ1n) is 7.57. The Morgan fingerprint density at radius 2 is 1.62 bits per heavy atom. The van der Waals surface area contributed by atoms with Gasteiger partial charge in [0, 0.05) is 35.0 Å². The molecule has 0 spiro atoms. The van der Waals surface area contributed by atoms with Crippen LogP contribution < -0.4 is 15.4 Å². The van der Waals surface area contributed by atoms with Gasteiger partial charge in [-0.25, -0.2) is 4.79 Å². The molecule has 5 nitrogen and oxygen atoms in total. The van der Waals surface area contributed by atoms with Crippen LogP contribution in [0.15, 0.2) is 47.4 Å². The first-order chi connectivity index (χ1) is 11.5. The fourth-order valence-corrected chi connectivity index (χ4v) is 2.80. The Labute approximate surface area is 144 Å². The predicted octanol–water partition coefficient (Wildman–Crippen LogP) is 2.74. The van der Waals surface area contributed by atoms with Crippen molar-refractivity contribution >= 4 is 16.8 Å². The van der Waals surface area contributed by atoms with Crippen molar-refractivity contribution < 1.29 is 13.7 Å². The molecule has 6 heteroatoms. The Morgan fingerprint density at radius 1 is 1.04 bits per heavy atom. The summed E-state index contributed by atoms with van der Waals surface area (Å²) in [6, 6.07) is 12.9. The molecule has 0 aromatic heterocycles. The lowest BCUT2D eigenvalue weighted by atomic mass is 10.1. The Morgan fingerprint density at radius 3 is 2.17 bits per heavy atom. The van der Waals surface area contributed by atoms with E-state index in [1.807, 2.05) is 49.4 Å². The molecule has 128 valence electrons. The van der Waals surface area contributed by atoms with Crippen molar-refractivity contribution in [2.45, 2.75) is 24.9 Å². The number of amides is 2. The van der Waals surface area contributed by atoms with Gasteiger partial charge in [0.25, 0.3) is 0 Å². The third kappa shape index (κ3) is 5.09. The van der Waals surface area contributed by atoms with Crippen molar-refractivity contribution in [2.24, 2.45) is 0 Å². The summed E-state index contributed by atoms with van der Waals surface area (Å²) in [5.74, 6) is 0.833. The smallest absolute Gasteiger partial charge is 0.315 e. The molecule has 0 fully saturated rings. The summed E-state index contributed by atoms with van der Waals surface area (Å²) in [5, 5.41) is 5.63. The van der Waals surface area contributed by atoms with Crippen molar-refractivity contribution in [3.8, 4) is 5.75 Å². The van der Waals surface area contributed by atoms with Gasteiger partial charge in [0.15, 0.2) is 0 Å². The standard InChI is InChI=1S/C18H22N2O3S/c1-13-10-15(6-9-17(13)23-2)12-20-18(21)19-11-14-4-7-16(8-5-14)24(3)22/h4-10H,11-12H2,1-3H3,(H2,19,20,21). The SMILES string of the molecule is COc1ccc(CNC(=O)NCc2ccc(S(C)=O)cc2)cc1C. The zero-order chi connectivity index (χ0) is 17.5. The third-order valence-corrected chi connectivity index (χ3v) is 4.56. The summed E-state index contributed by atoms with van der Waals surface area (Å²) in [4.78, 5) is 12.7. The molecule has 2 aromatic carbocycles. The van der Waals surface area contributed by atoms with Crippen molar-refractivity contribution in [3.63, 3.8) is 0 Å². The number of carbonyl (C=O) groups is 1. The summed E-state index contributed by atoms with van der Waals surface area (Å²) in [6.07, 6.45) is 1.64. The molecule has 0 radical (unpaired) electrons. The van der Waals surface area contributed by atoms with Gasteiger partial charge >= 0.3 is 6.03 Å². The number of aryl methyl sites for hydroxylation is 1. The van der Waals surface area contributed by atoms with Crippen molar-refractivity contribution in [2.75, 3.05) is 13.4 Å². The van der Waals surface area contributed by atoms with Crippen LogP contribution in [-0.2, 0) is 23.9 Å². The lowest BCUT2D eigenvalue weighted by Crippen LogP contribution is -2.34. The second kappa shape index (κ2) is 8.49. The van der Waals surface area contributed by atoms with Crippen LogP contribution in [0.25, 0.3) is 0 Å². The van der Waals surface area contributed by atoms with E-state index in [0.717, 1.165) is 27.3 Å². The molecule has 24 heavy (non-hydrogen) atoms. The number of carbonyl (C=O) groups excluding carboxylic acids is 1. The van der Waals surface area contributed by atoms with Gasteiger partial charge in [-0.1, -0.05) is 24.3 Å². The van der Waals surface area contributed by atoms with Gasteiger partial charge in [0.1, 0.15) is 5.75 Å². The van der Waals surface area contributed by atoms with Crippen LogP contribution in [0.5, 0.6) is 5.75 Å². The number of ether oxygens (including phenoxy) is 1. The fraction of sp³-hybridized carbons (Fsp3) is 0.278. The summed E-state index contributed by atoms with van der Waals surface area (Å²) in [6.45, 7) is 2.84. The molecule has 2 N–H and O–H groups in total. The molecule has 2 aromatic rings. The minimum absolute atomic E-state index is 0.230. The molecule has 1 unspecified atom stereocenters. The lowest BCUT2D eigenvalue weighted by Gasteiger charge is -2.10. The topological polar surface area (TPSA) is 67.4 Å². The maximum atomic E-state index is 11.9. The summed E-state index contributed by atoms with van der Waals surface area (Å²) in [5.41, 5.74) is 3.00. The van der Waals surface area contributed by atoms with Crippen molar-refractivity contribution in [1.29, 1.82) is 0 Å². The molecular weight excluding hydrogens is 324 g/mol. The van der Waals surface area contributed by atoms with Gasteiger partial charge in [-0.3, -0.25) is 4.21 Å². The van der Waals surface area contributed by atoms with E-state index in [-0.39, 0.29) is 6.03 Å². The molecule has 2 rings (SSSR count). The number of benzene rings is 2. The van der Waals surface area contributed by atoms with Crippen LogP contribution in [0.4, 0.5) is 4.79 Å². The zero-order valence-electron chi connectivity index (χ0n) is 14.1. The van der Waals surface area contributed by atoms with Crippen LogP contribution in [0.1, 0.15) is 16.7 Å². The van der Waals surface area contributed by atoms with Crippen LogP contribution in [-0.4, -0.2) is 23.6 Å². The van der Waals surface area contributed by atoms with E-state index >= 15 is 0 Å². The van der Waals surface area contributed by atoms with E-state index in [9.17, 15) is 9.00 Å².